The van der Waals surface area contributed by atoms with Crippen molar-refractivity contribution in [2.24, 2.45) is 0 Å². The molecule has 0 saturated carbocycles. The standard InChI is InChI=1S/C14H17BrO4/c1-5-18-11-7-6-10(15)9(8-16)12(11)13(17)19-14(2,3)4/h6-8H,5H2,1-4H3. The Morgan fingerprint density at radius 1 is 1.37 bits per heavy atom. The molecule has 0 atom stereocenters. The van der Waals surface area contributed by atoms with E-state index >= 15 is 0 Å². The molecule has 0 bridgehead atoms. The summed E-state index contributed by atoms with van der Waals surface area (Å²) in [7, 11) is 0. The summed E-state index contributed by atoms with van der Waals surface area (Å²) in [6.07, 6.45) is 0.617. The number of ether oxygens (including phenoxy) is 2. The van der Waals surface area contributed by atoms with Gasteiger partial charge in [-0.2, -0.15) is 0 Å². The Labute approximate surface area is 121 Å². The Kier molecular flexibility index (Phi) is 5.11. The molecule has 0 aliphatic rings. The zero-order chi connectivity index (χ0) is 14.6. The van der Waals surface area contributed by atoms with Crippen molar-refractivity contribution < 1.29 is 19.1 Å². The van der Waals surface area contributed by atoms with Gasteiger partial charge in [0.1, 0.15) is 16.9 Å². The van der Waals surface area contributed by atoms with Crippen LogP contribution >= 0.6 is 15.9 Å². The van der Waals surface area contributed by atoms with E-state index in [4.69, 9.17) is 9.47 Å². The molecule has 5 heteroatoms. The fourth-order valence-corrected chi connectivity index (χ4v) is 1.93. The normalized spacial score (nSPS) is 11.0. The van der Waals surface area contributed by atoms with E-state index < -0.39 is 11.6 Å². The summed E-state index contributed by atoms with van der Waals surface area (Å²) in [6.45, 7) is 7.51. The van der Waals surface area contributed by atoms with Crippen molar-refractivity contribution in [2.75, 3.05) is 6.61 Å². The lowest BCUT2D eigenvalue weighted by Gasteiger charge is -2.21. The summed E-state index contributed by atoms with van der Waals surface area (Å²) < 4.78 is 11.2. The highest BCUT2D eigenvalue weighted by molar-refractivity contribution is 9.10. The van der Waals surface area contributed by atoms with Gasteiger partial charge in [0.15, 0.2) is 6.29 Å². The molecule has 104 valence electrons. The van der Waals surface area contributed by atoms with Crippen LogP contribution in [0.1, 0.15) is 48.4 Å². The van der Waals surface area contributed by atoms with Gasteiger partial charge < -0.3 is 9.47 Å². The van der Waals surface area contributed by atoms with Crippen molar-refractivity contribution in [1.82, 2.24) is 0 Å². The predicted molar refractivity (Wildman–Crippen MR) is 75.9 cm³/mol. The number of rotatable bonds is 4. The van der Waals surface area contributed by atoms with E-state index in [9.17, 15) is 9.59 Å². The molecule has 1 rings (SSSR count). The van der Waals surface area contributed by atoms with E-state index in [2.05, 4.69) is 15.9 Å². The summed E-state index contributed by atoms with van der Waals surface area (Å²) in [5, 5.41) is 0. The number of benzene rings is 1. The smallest absolute Gasteiger partial charge is 0.343 e. The van der Waals surface area contributed by atoms with Gasteiger partial charge in [0.25, 0.3) is 0 Å². The molecule has 0 aromatic heterocycles. The molecule has 0 N–H and O–H groups in total. The van der Waals surface area contributed by atoms with Crippen molar-refractivity contribution >= 4 is 28.2 Å². The largest absolute Gasteiger partial charge is 0.493 e. The van der Waals surface area contributed by atoms with Crippen LogP contribution < -0.4 is 4.74 Å². The molecule has 0 aliphatic heterocycles. The second-order valence-electron chi connectivity index (χ2n) is 4.89. The first kappa shape index (κ1) is 15.7. The number of carbonyl (C=O) groups excluding carboxylic acids is 2. The predicted octanol–water partition coefficient (Wildman–Crippen LogP) is 3.62. The molecular formula is C14H17BrO4. The second kappa shape index (κ2) is 6.19. The van der Waals surface area contributed by atoms with Crippen molar-refractivity contribution in [3.05, 3.63) is 27.7 Å². The molecule has 0 spiro atoms. The molecule has 0 amide bonds. The van der Waals surface area contributed by atoms with Crippen LogP contribution in [0.3, 0.4) is 0 Å². The molecule has 4 nitrogen and oxygen atoms in total. The zero-order valence-electron chi connectivity index (χ0n) is 11.5. The Morgan fingerprint density at radius 2 is 2.00 bits per heavy atom. The molecule has 0 saturated heterocycles. The van der Waals surface area contributed by atoms with E-state index in [1.807, 2.05) is 6.92 Å². The van der Waals surface area contributed by atoms with E-state index in [-0.39, 0.29) is 11.1 Å². The summed E-state index contributed by atoms with van der Waals surface area (Å²) in [5.41, 5.74) is -0.246. The average molecular weight is 329 g/mol. The lowest BCUT2D eigenvalue weighted by Crippen LogP contribution is -2.25. The van der Waals surface area contributed by atoms with Crippen molar-refractivity contribution in [3.63, 3.8) is 0 Å². The van der Waals surface area contributed by atoms with Crippen molar-refractivity contribution in [2.45, 2.75) is 33.3 Å². The van der Waals surface area contributed by atoms with E-state index in [1.165, 1.54) is 0 Å². The van der Waals surface area contributed by atoms with E-state index in [0.717, 1.165) is 0 Å². The van der Waals surface area contributed by atoms with Crippen LogP contribution in [0.5, 0.6) is 5.75 Å². The molecule has 0 aliphatic carbocycles. The Bertz CT molecular complexity index is 489. The van der Waals surface area contributed by atoms with Gasteiger partial charge in [0, 0.05) is 10.0 Å². The van der Waals surface area contributed by atoms with Gasteiger partial charge in [-0.25, -0.2) is 4.79 Å². The number of halogens is 1. The molecule has 19 heavy (non-hydrogen) atoms. The maximum atomic E-state index is 12.2. The number of hydrogen-bond donors (Lipinski definition) is 0. The van der Waals surface area contributed by atoms with Gasteiger partial charge in [-0.3, -0.25) is 4.79 Å². The first-order valence-corrected chi connectivity index (χ1v) is 6.73. The van der Waals surface area contributed by atoms with Crippen LogP contribution in [0.4, 0.5) is 0 Å². The summed E-state index contributed by atoms with van der Waals surface area (Å²) in [6, 6.07) is 3.31. The maximum absolute atomic E-state index is 12.2. The lowest BCUT2D eigenvalue weighted by atomic mass is 10.1. The van der Waals surface area contributed by atoms with Crippen LogP contribution in [0.25, 0.3) is 0 Å². The average Bonchev–Trinajstić information content (AvgIpc) is 2.28. The fourth-order valence-electron chi connectivity index (χ4n) is 1.50. The van der Waals surface area contributed by atoms with Crippen molar-refractivity contribution in [3.8, 4) is 5.75 Å². The number of esters is 1. The quantitative estimate of drug-likeness (QED) is 0.625. The summed E-state index contributed by atoms with van der Waals surface area (Å²) >= 11 is 3.25. The van der Waals surface area contributed by atoms with Crippen molar-refractivity contribution in [1.29, 1.82) is 0 Å². The number of hydrogen-bond acceptors (Lipinski definition) is 4. The first-order chi connectivity index (χ1) is 8.80. The molecule has 1 aromatic carbocycles. The highest BCUT2D eigenvalue weighted by Crippen LogP contribution is 2.30. The van der Waals surface area contributed by atoms with Crippen LogP contribution in [0.15, 0.2) is 16.6 Å². The summed E-state index contributed by atoms with van der Waals surface area (Å²) in [5.74, 6) is -0.221. The third-order valence-electron chi connectivity index (χ3n) is 2.17. The topological polar surface area (TPSA) is 52.6 Å². The summed E-state index contributed by atoms with van der Waals surface area (Å²) in [4.78, 5) is 23.4. The van der Waals surface area contributed by atoms with Gasteiger partial charge >= 0.3 is 5.97 Å². The Hall–Kier alpha value is -1.36. The van der Waals surface area contributed by atoms with Gasteiger partial charge in [-0.15, -0.1) is 0 Å². The molecular weight excluding hydrogens is 312 g/mol. The minimum atomic E-state index is -0.636. The first-order valence-electron chi connectivity index (χ1n) is 5.94. The SMILES string of the molecule is CCOc1ccc(Br)c(C=O)c1C(=O)OC(C)(C)C. The minimum Gasteiger partial charge on any atom is -0.493 e. The van der Waals surface area contributed by atoms with Crippen LogP contribution in [0, 0.1) is 0 Å². The molecule has 1 aromatic rings. The molecule has 0 unspecified atom stereocenters. The fraction of sp³-hybridized carbons (Fsp3) is 0.429. The maximum Gasteiger partial charge on any atom is 0.343 e. The van der Waals surface area contributed by atoms with Crippen LogP contribution in [-0.4, -0.2) is 24.5 Å². The van der Waals surface area contributed by atoms with E-state index in [1.54, 1.807) is 32.9 Å². The molecule has 0 radical (unpaired) electrons. The Morgan fingerprint density at radius 3 is 2.47 bits per heavy atom. The monoisotopic (exact) mass is 328 g/mol. The van der Waals surface area contributed by atoms with E-state index in [0.29, 0.717) is 23.1 Å². The van der Waals surface area contributed by atoms with Gasteiger partial charge in [-0.1, -0.05) is 15.9 Å². The third kappa shape index (κ3) is 4.06. The highest BCUT2D eigenvalue weighted by Gasteiger charge is 2.25. The van der Waals surface area contributed by atoms with Crippen LogP contribution in [-0.2, 0) is 4.74 Å². The van der Waals surface area contributed by atoms with Gasteiger partial charge in [0.05, 0.1) is 6.61 Å². The lowest BCUT2D eigenvalue weighted by molar-refractivity contribution is 0.00646. The highest BCUT2D eigenvalue weighted by atomic mass is 79.9. The van der Waals surface area contributed by atoms with Crippen LogP contribution in [0.2, 0.25) is 0 Å². The molecule has 0 fully saturated rings. The third-order valence-corrected chi connectivity index (χ3v) is 2.87. The van der Waals surface area contributed by atoms with Gasteiger partial charge in [0.2, 0.25) is 0 Å². The number of carbonyl (C=O) groups is 2. The Balaban J connectivity index is 3.32. The second-order valence-corrected chi connectivity index (χ2v) is 5.74. The zero-order valence-corrected chi connectivity index (χ0v) is 13.0. The number of aldehydes is 1. The van der Waals surface area contributed by atoms with Gasteiger partial charge in [-0.05, 0) is 39.8 Å². The minimum absolute atomic E-state index is 0.154. The molecule has 0 heterocycles.